The topological polar surface area (TPSA) is 101 Å². The van der Waals surface area contributed by atoms with E-state index in [-0.39, 0.29) is 30.4 Å². The Morgan fingerprint density at radius 3 is 1.94 bits per heavy atom. The lowest BCUT2D eigenvalue weighted by molar-refractivity contribution is -0.122. The number of hydrogen-bond acceptors (Lipinski definition) is 4. The molecule has 6 nitrogen and oxygen atoms in total. The Bertz CT molecular complexity index is 254. The molecular formula is C10H19N3O3. The number of carbonyl (C=O) groups is 3. The highest BCUT2D eigenvalue weighted by Crippen LogP contribution is 1.82. The molecule has 92 valence electrons. The third-order valence-corrected chi connectivity index (χ3v) is 1.84. The molecule has 0 aromatic rings. The van der Waals surface area contributed by atoms with E-state index in [1.165, 1.54) is 6.92 Å². The minimum atomic E-state index is -0.172. The Morgan fingerprint density at radius 2 is 1.44 bits per heavy atom. The molecule has 16 heavy (non-hydrogen) atoms. The number of Topliss-reactive ketones (excluding diaryl/α,β-unsaturated/α-hetero) is 1. The molecule has 0 aromatic heterocycles. The van der Waals surface area contributed by atoms with E-state index in [9.17, 15) is 14.4 Å². The lowest BCUT2D eigenvalue weighted by Gasteiger charge is -2.05. The largest absolute Gasteiger partial charge is 0.356 e. The third-order valence-electron chi connectivity index (χ3n) is 1.84. The molecule has 0 rings (SSSR count). The molecule has 0 atom stereocenters. The molecule has 0 bridgehead atoms. The van der Waals surface area contributed by atoms with Gasteiger partial charge < -0.3 is 16.4 Å². The summed E-state index contributed by atoms with van der Waals surface area (Å²) in [4.78, 5) is 32.7. The van der Waals surface area contributed by atoms with Crippen LogP contribution in [0.4, 0.5) is 0 Å². The lowest BCUT2D eigenvalue weighted by atomic mass is 10.3. The zero-order valence-electron chi connectivity index (χ0n) is 9.54. The highest BCUT2D eigenvalue weighted by Gasteiger charge is 2.03. The summed E-state index contributed by atoms with van der Waals surface area (Å²) in [5, 5.41) is 5.15. The van der Waals surface area contributed by atoms with Crippen molar-refractivity contribution in [2.45, 2.75) is 26.2 Å². The molecule has 0 aliphatic rings. The lowest BCUT2D eigenvalue weighted by Crippen LogP contribution is -2.32. The van der Waals surface area contributed by atoms with E-state index < -0.39 is 0 Å². The van der Waals surface area contributed by atoms with Crippen LogP contribution in [-0.4, -0.2) is 37.2 Å². The van der Waals surface area contributed by atoms with Crippen LogP contribution in [0, 0.1) is 0 Å². The summed E-state index contributed by atoms with van der Waals surface area (Å²) in [7, 11) is 0. The van der Waals surface area contributed by atoms with Crippen molar-refractivity contribution in [1.82, 2.24) is 10.6 Å². The second-order valence-corrected chi connectivity index (χ2v) is 3.44. The second kappa shape index (κ2) is 8.84. The number of carbonyl (C=O) groups excluding carboxylic acids is 3. The fourth-order valence-electron chi connectivity index (χ4n) is 1.00. The first-order valence-corrected chi connectivity index (χ1v) is 5.29. The van der Waals surface area contributed by atoms with Crippen molar-refractivity contribution in [3.8, 4) is 0 Å². The molecular weight excluding hydrogens is 210 g/mol. The third kappa shape index (κ3) is 9.14. The van der Waals surface area contributed by atoms with Gasteiger partial charge in [-0.2, -0.15) is 0 Å². The van der Waals surface area contributed by atoms with Crippen LogP contribution in [0.1, 0.15) is 26.2 Å². The molecule has 6 heteroatoms. The molecule has 0 saturated heterocycles. The monoisotopic (exact) mass is 229 g/mol. The van der Waals surface area contributed by atoms with Crippen LogP contribution in [0.3, 0.4) is 0 Å². The van der Waals surface area contributed by atoms with Crippen molar-refractivity contribution in [2.24, 2.45) is 5.73 Å². The van der Waals surface area contributed by atoms with E-state index >= 15 is 0 Å². The van der Waals surface area contributed by atoms with Crippen LogP contribution in [0.25, 0.3) is 0 Å². The summed E-state index contributed by atoms with van der Waals surface area (Å²) in [5.41, 5.74) is 5.18. The number of hydrogen-bond donors (Lipinski definition) is 3. The van der Waals surface area contributed by atoms with E-state index in [1.807, 2.05) is 0 Å². The molecule has 0 heterocycles. The van der Waals surface area contributed by atoms with Gasteiger partial charge in [0.2, 0.25) is 11.8 Å². The number of amides is 2. The predicted molar refractivity (Wildman–Crippen MR) is 59.6 cm³/mol. The van der Waals surface area contributed by atoms with Crippen LogP contribution in [0.5, 0.6) is 0 Å². The van der Waals surface area contributed by atoms with Gasteiger partial charge in [0.1, 0.15) is 5.78 Å². The van der Waals surface area contributed by atoms with Crippen molar-refractivity contribution >= 4 is 17.6 Å². The Hall–Kier alpha value is -1.43. The quantitative estimate of drug-likeness (QED) is 0.493. The van der Waals surface area contributed by atoms with E-state index in [2.05, 4.69) is 10.6 Å². The summed E-state index contributed by atoms with van der Waals surface area (Å²) < 4.78 is 0. The Balaban J connectivity index is 3.43. The fourth-order valence-corrected chi connectivity index (χ4v) is 1.00. The number of ketones is 1. The second-order valence-electron chi connectivity index (χ2n) is 3.44. The minimum Gasteiger partial charge on any atom is -0.356 e. The SMILES string of the molecule is CC(=O)CCNC(=O)CCNC(=O)CCN. The standard InChI is InChI=1S/C10H19N3O3/c1-8(14)3-6-12-10(16)4-7-13-9(15)2-5-11/h2-7,11H2,1H3,(H,12,16)(H,13,15). The molecule has 2 amide bonds. The number of nitrogens with one attached hydrogen (secondary N) is 2. The van der Waals surface area contributed by atoms with Crippen LogP contribution in [-0.2, 0) is 14.4 Å². The zero-order valence-corrected chi connectivity index (χ0v) is 9.54. The van der Waals surface area contributed by atoms with E-state index in [1.54, 1.807) is 0 Å². The van der Waals surface area contributed by atoms with Gasteiger partial charge in [0.15, 0.2) is 0 Å². The molecule has 0 aliphatic carbocycles. The van der Waals surface area contributed by atoms with E-state index in [4.69, 9.17) is 5.73 Å². The summed E-state index contributed by atoms with van der Waals surface area (Å²) in [5.74, 6) is -0.287. The van der Waals surface area contributed by atoms with Gasteiger partial charge in [-0.05, 0) is 6.92 Å². The molecule has 0 spiro atoms. The van der Waals surface area contributed by atoms with Crippen LogP contribution in [0.15, 0.2) is 0 Å². The van der Waals surface area contributed by atoms with Gasteiger partial charge >= 0.3 is 0 Å². The van der Waals surface area contributed by atoms with Gasteiger partial charge in [-0.3, -0.25) is 14.4 Å². The van der Waals surface area contributed by atoms with Crippen molar-refractivity contribution in [1.29, 1.82) is 0 Å². The maximum Gasteiger partial charge on any atom is 0.221 e. The number of rotatable bonds is 8. The van der Waals surface area contributed by atoms with Gasteiger partial charge in [0.05, 0.1) is 0 Å². The first-order chi connectivity index (χ1) is 7.56. The van der Waals surface area contributed by atoms with E-state index in [0.717, 1.165) is 0 Å². The van der Waals surface area contributed by atoms with Gasteiger partial charge in [0, 0.05) is 38.9 Å². The molecule has 0 fully saturated rings. The Kier molecular flexibility index (Phi) is 8.05. The van der Waals surface area contributed by atoms with Gasteiger partial charge in [0.25, 0.3) is 0 Å². The fraction of sp³-hybridized carbons (Fsp3) is 0.700. The normalized spacial score (nSPS) is 9.62. The van der Waals surface area contributed by atoms with Gasteiger partial charge in [-0.25, -0.2) is 0 Å². The Labute approximate surface area is 94.9 Å². The summed E-state index contributed by atoms with van der Waals surface area (Å²) in [6.45, 7) is 2.42. The van der Waals surface area contributed by atoms with Gasteiger partial charge in [-0.1, -0.05) is 0 Å². The highest BCUT2D eigenvalue weighted by molar-refractivity contribution is 5.80. The van der Waals surface area contributed by atoms with Crippen molar-refractivity contribution < 1.29 is 14.4 Å². The first kappa shape index (κ1) is 14.6. The molecule has 0 radical (unpaired) electrons. The molecule has 4 N–H and O–H groups in total. The van der Waals surface area contributed by atoms with Crippen molar-refractivity contribution in [3.05, 3.63) is 0 Å². The maximum absolute atomic E-state index is 11.2. The van der Waals surface area contributed by atoms with Crippen LogP contribution < -0.4 is 16.4 Å². The Morgan fingerprint density at radius 1 is 0.938 bits per heavy atom. The van der Waals surface area contributed by atoms with Gasteiger partial charge in [-0.15, -0.1) is 0 Å². The minimum absolute atomic E-state index is 0.0385. The molecule has 0 aromatic carbocycles. The molecule has 0 saturated carbocycles. The summed E-state index contributed by atoms with van der Waals surface area (Å²) >= 11 is 0. The molecule has 0 aliphatic heterocycles. The summed E-state index contributed by atoms with van der Waals surface area (Å²) in [6.07, 6.45) is 0.825. The smallest absolute Gasteiger partial charge is 0.221 e. The number of nitrogens with two attached hydrogens (primary N) is 1. The summed E-state index contributed by atoms with van der Waals surface area (Å²) in [6, 6.07) is 0. The zero-order chi connectivity index (χ0) is 12.4. The molecule has 0 unspecified atom stereocenters. The van der Waals surface area contributed by atoms with Crippen molar-refractivity contribution in [2.75, 3.05) is 19.6 Å². The maximum atomic E-state index is 11.2. The van der Waals surface area contributed by atoms with Crippen LogP contribution in [0.2, 0.25) is 0 Å². The average Bonchev–Trinajstić information content (AvgIpc) is 2.17. The van der Waals surface area contributed by atoms with Crippen molar-refractivity contribution in [3.63, 3.8) is 0 Å². The van der Waals surface area contributed by atoms with E-state index in [0.29, 0.717) is 26.1 Å². The predicted octanol–water partition coefficient (Wildman–Crippen LogP) is -1.06. The highest BCUT2D eigenvalue weighted by atomic mass is 16.2. The first-order valence-electron chi connectivity index (χ1n) is 5.29. The average molecular weight is 229 g/mol. The van der Waals surface area contributed by atoms with Crippen LogP contribution >= 0.6 is 0 Å².